The molecule has 5 N–H and O–H groups in total. The number of nitrogens with zero attached hydrogens (tertiary/aromatic N) is 3. The molecular weight excluding hydrogens is 530 g/mol. The third kappa shape index (κ3) is 6.93. The molecule has 0 aliphatic carbocycles. The molecule has 2 aromatic heterocycles. The summed E-state index contributed by atoms with van der Waals surface area (Å²) in [5, 5.41) is 16.4. The van der Waals surface area contributed by atoms with E-state index >= 15 is 0 Å². The molecule has 0 unspecified atom stereocenters. The van der Waals surface area contributed by atoms with Crippen LogP contribution in [0.3, 0.4) is 0 Å². The third-order valence-corrected chi connectivity index (χ3v) is 6.28. The lowest BCUT2D eigenvalue weighted by Gasteiger charge is -2.24. The first-order valence-corrected chi connectivity index (χ1v) is 13.2. The van der Waals surface area contributed by atoms with Gasteiger partial charge in [-0.1, -0.05) is 13.3 Å². The zero-order valence-electron chi connectivity index (χ0n) is 22.6. The maximum absolute atomic E-state index is 12.7. The summed E-state index contributed by atoms with van der Waals surface area (Å²) in [6.45, 7) is 5.70. The van der Waals surface area contributed by atoms with Crippen molar-refractivity contribution in [1.82, 2.24) is 30.2 Å². The maximum Gasteiger partial charge on any atom is 0.321 e. The first-order chi connectivity index (χ1) is 19.1. The van der Waals surface area contributed by atoms with Crippen molar-refractivity contribution < 1.29 is 38.4 Å². The second kappa shape index (κ2) is 12.7. The summed E-state index contributed by atoms with van der Waals surface area (Å²) in [7, 11) is 0. The Morgan fingerprint density at radius 1 is 1.18 bits per heavy atom. The molecule has 4 atom stereocenters. The number of hydrogen-bond acceptors (Lipinski definition) is 11. The van der Waals surface area contributed by atoms with Gasteiger partial charge in [0.15, 0.2) is 23.2 Å². The van der Waals surface area contributed by atoms with Crippen LogP contribution in [0.15, 0.2) is 11.1 Å². The summed E-state index contributed by atoms with van der Waals surface area (Å²) in [5.74, 6) is -2.01. The molecule has 0 aromatic carbocycles. The van der Waals surface area contributed by atoms with Crippen LogP contribution in [0.25, 0.3) is 11.2 Å². The van der Waals surface area contributed by atoms with Gasteiger partial charge in [0.05, 0.1) is 19.4 Å². The standard InChI is InChI=1S/C24H35N7O9/c1-4-5-8-26-23(36)30-22-28-19-16(20(35)29-22)27-12-31(19)21-18-17(39-24(2,3)40-18)13(38-21)11-37-15(34)7-6-14(33)25-9-10-32/h12-13,17-18,21,32H,4-11H2,1-3H3,(H,25,33)(H3,26,28,29,30,35,36)/t13-,17-,18-,21-/m1/s1. The van der Waals surface area contributed by atoms with Crippen LogP contribution >= 0.6 is 0 Å². The monoisotopic (exact) mass is 565 g/mol. The van der Waals surface area contributed by atoms with E-state index in [0.717, 1.165) is 12.8 Å². The molecule has 40 heavy (non-hydrogen) atoms. The first-order valence-electron chi connectivity index (χ1n) is 13.2. The van der Waals surface area contributed by atoms with Crippen LogP contribution in [0, 0.1) is 0 Å². The molecule has 16 heteroatoms. The number of imidazole rings is 1. The molecule has 16 nitrogen and oxygen atoms in total. The Bertz CT molecular complexity index is 1280. The molecule has 2 fully saturated rings. The van der Waals surface area contributed by atoms with Gasteiger partial charge < -0.3 is 34.7 Å². The van der Waals surface area contributed by atoms with Gasteiger partial charge in [0.1, 0.15) is 24.9 Å². The zero-order valence-corrected chi connectivity index (χ0v) is 22.6. The predicted octanol–water partition coefficient (Wildman–Crippen LogP) is -0.109. The highest BCUT2D eigenvalue weighted by atomic mass is 16.8. The predicted molar refractivity (Wildman–Crippen MR) is 138 cm³/mol. The number of carbonyl (C=O) groups is 3. The number of ether oxygens (including phenoxy) is 4. The molecule has 2 aliphatic rings. The maximum atomic E-state index is 12.7. The van der Waals surface area contributed by atoms with E-state index in [4.69, 9.17) is 24.1 Å². The lowest BCUT2D eigenvalue weighted by molar-refractivity contribution is -0.202. The SMILES string of the molecule is CCCCNC(=O)Nc1nc2c(ncn2[C@@H]2O[C@H](COC(=O)CCC(=O)NCCO)[C@H]3OC(C)(C)O[C@H]32)c(=O)[nH]1. The number of unbranched alkanes of at least 4 members (excludes halogenated alkanes) is 1. The lowest BCUT2D eigenvalue weighted by atomic mass is 10.1. The minimum Gasteiger partial charge on any atom is -0.463 e. The van der Waals surface area contributed by atoms with Gasteiger partial charge >= 0.3 is 12.0 Å². The minimum atomic E-state index is -0.963. The highest BCUT2D eigenvalue weighted by Crippen LogP contribution is 2.43. The molecule has 4 rings (SSSR count). The number of aromatic nitrogens is 4. The smallest absolute Gasteiger partial charge is 0.321 e. The van der Waals surface area contributed by atoms with Crippen molar-refractivity contribution >= 4 is 35.0 Å². The van der Waals surface area contributed by atoms with Gasteiger partial charge in [-0.3, -0.25) is 29.3 Å². The molecule has 0 spiro atoms. The molecule has 3 amide bonds. The van der Waals surface area contributed by atoms with Gasteiger partial charge in [0, 0.05) is 19.5 Å². The van der Waals surface area contributed by atoms with E-state index < -0.39 is 47.9 Å². The van der Waals surface area contributed by atoms with Crippen LogP contribution < -0.4 is 21.5 Å². The lowest BCUT2D eigenvalue weighted by Crippen LogP contribution is -2.34. The van der Waals surface area contributed by atoms with Crippen molar-refractivity contribution in [2.24, 2.45) is 0 Å². The number of urea groups is 1. The molecule has 4 heterocycles. The molecule has 2 aromatic rings. The van der Waals surface area contributed by atoms with Crippen molar-refractivity contribution in [3.63, 3.8) is 0 Å². The number of aliphatic hydroxyl groups excluding tert-OH is 1. The molecule has 0 bridgehead atoms. The van der Waals surface area contributed by atoms with Gasteiger partial charge in [-0.05, 0) is 20.3 Å². The van der Waals surface area contributed by atoms with Gasteiger partial charge in [-0.2, -0.15) is 4.98 Å². The molecule has 0 radical (unpaired) electrons. The second-order valence-corrected chi connectivity index (χ2v) is 9.86. The summed E-state index contributed by atoms with van der Waals surface area (Å²) in [6.07, 6.45) is 0.0149. The van der Waals surface area contributed by atoms with Crippen LogP contribution in [0.5, 0.6) is 0 Å². The summed E-state index contributed by atoms with van der Waals surface area (Å²) < 4.78 is 25.2. The van der Waals surface area contributed by atoms with Crippen LogP contribution in [-0.2, 0) is 28.5 Å². The number of rotatable bonds is 12. The van der Waals surface area contributed by atoms with E-state index in [1.165, 1.54) is 10.9 Å². The van der Waals surface area contributed by atoms with Crippen LogP contribution in [0.2, 0.25) is 0 Å². The fourth-order valence-electron chi connectivity index (χ4n) is 4.47. The highest BCUT2D eigenvalue weighted by Gasteiger charge is 2.56. The van der Waals surface area contributed by atoms with Crippen LogP contribution in [-0.4, -0.2) is 92.9 Å². The Morgan fingerprint density at radius 2 is 1.95 bits per heavy atom. The number of carbonyl (C=O) groups excluding carboxylic acids is 3. The van der Waals surface area contributed by atoms with Gasteiger partial charge in [0.2, 0.25) is 11.9 Å². The molecule has 2 aliphatic heterocycles. The minimum absolute atomic E-state index is 0.0321. The number of aromatic amines is 1. The first kappa shape index (κ1) is 29.4. The van der Waals surface area contributed by atoms with E-state index in [1.54, 1.807) is 13.8 Å². The quantitative estimate of drug-likeness (QED) is 0.169. The molecular formula is C24H35N7O9. The number of hydrogen-bond donors (Lipinski definition) is 5. The highest BCUT2D eigenvalue weighted by molar-refractivity contribution is 5.88. The van der Waals surface area contributed by atoms with Crippen molar-refractivity contribution in [3.05, 3.63) is 16.7 Å². The molecule has 220 valence electrons. The largest absolute Gasteiger partial charge is 0.463 e. The number of amides is 3. The van der Waals surface area contributed by atoms with Crippen LogP contribution in [0.1, 0.15) is 52.7 Å². The van der Waals surface area contributed by atoms with Crippen molar-refractivity contribution in [3.8, 4) is 0 Å². The number of nitrogens with one attached hydrogen (secondary N) is 4. The van der Waals surface area contributed by atoms with E-state index in [-0.39, 0.29) is 55.6 Å². The normalized spacial score (nSPS) is 23.1. The number of esters is 1. The fourth-order valence-corrected chi connectivity index (χ4v) is 4.47. The summed E-state index contributed by atoms with van der Waals surface area (Å²) in [6, 6.07) is -0.513. The average Bonchev–Trinajstić information content (AvgIpc) is 3.56. The summed E-state index contributed by atoms with van der Waals surface area (Å²) in [5.41, 5.74) is -0.375. The van der Waals surface area contributed by atoms with Gasteiger partial charge in [-0.25, -0.2) is 9.78 Å². The molecule has 0 saturated carbocycles. The zero-order chi connectivity index (χ0) is 28.9. The molecule has 2 saturated heterocycles. The van der Waals surface area contributed by atoms with E-state index in [2.05, 4.69) is 30.9 Å². The number of aliphatic hydroxyl groups is 1. The number of anilines is 1. The van der Waals surface area contributed by atoms with Crippen molar-refractivity contribution in [2.75, 3.05) is 31.6 Å². The van der Waals surface area contributed by atoms with E-state index in [9.17, 15) is 19.2 Å². The number of fused-ring (bicyclic) bond motifs is 2. The Kier molecular flexibility index (Phi) is 9.34. The Balaban J connectivity index is 1.47. The van der Waals surface area contributed by atoms with E-state index in [0.29, 0.717) is 6.54 Å². The third-order valence-electron chi connectivity index (χ3n) is 6.28. The topological polar surface area (TPSA) is 208 Å². The Labute approximate surface area is 229 Å². The van der Waals surface area contributed by atoms with Gasteiger partial charge in [-0.15, -0.1) is 0 Å². The van der Waals surface area contributed by atoms with Crippen molar-refractivity contribution in [2.45, 2.75) is 76.8 Å². The summed E-state index contributed by atoms with van der Waals surface area (Å²) in [4.78, 5) is 59.8. The van der Waals surface area contributed by atoms with Crippen molar-refractivity contribution in [1.29, 1.82) is 0 Å². The number of H-pyrrole nitrogens is 1. The van der Waals surface area contributed by atoms with E-state index in [1.807, 2.05) is 6.92 Å². The fraction of sp³-hybridized carbons (Fsp3) is 0.667. The Morgan fingerprint density at radius 3 is 2.70 bits per heavy atom. The Hall–Kier alpha value is -3.60. The van der Waals surface area contributed by atoms with Crippen LogP contribution in [0.4, 0.5) is 10.7 Å². The van der Waals surface area contributed by atoms with Gasteiger partial charge in [0.25, 0.3) is 5.56 Å². The summed E-state index contributed by atoms with van der Waals surface area (Å²) >= 11 is 0. The second-order valence-electron chi connectivity index (χ2n) is 9.86. The average molecular weight is 566 g/mol.